The Hall–Kier alpha value is -2.36. The number of pyridine rings is 1. The normalized spacial score (nSPS) is 17.8. The first-order valence-corrected chi connectivity index (χ1v) is 7.16. The first kappa shape index (κ1) is 13.6. The number of nitrogens with zero attached hydrogens (tertiary/aromatic N) is 2. The summed E-state index contributed by atoms with van der Waals surface area (Å²) in [6, 6.07) is 13.3. The van der Waals surface area contributed by atoms with Gasteiger partial charge in [0.1, 0.15) is 6.10 Å². The molecule has 1 aliphatic heterocycles. The van der Waals surface area contributed by atoms with E-state index < -0.39 is 0 Å². The zero-order valence-corrected chi connectivity index (χ0v) is 12.0. The van der Waals surface area contributed by atoms with E-state index in [0.29, 0.717) is 12.4 Å². The molecule has 1 fully saturated rings. The molecule has 0 saturated carbocycles. The van der Waals surface area contributed by atoms with Crippen molar-refractivity contribution in [1.82, 2.24) is 9.88 Å². The second-order valence-electron chi connectivity index (χ2n) is 5.26. The molecule has 0 spiro atoms. The van der Waals surface area contributed by atoms with Crippen molar-refractivity contribution in [3.63, 3.8) is 0 Å². The number of likely N-dealkylation sites (tertiary alicyclic amines) is 1. The summed E-state index contributed by atoms with van der Waals surface area (Å²) in [6.45, 7) is 3.31. The first-order chi connectivity index (χ1) is 10.2. The lowest BCUT2D eigenvalue weighted by Crippen LogP contribution is -2.31. The van der Waals surface area contributed by atoms with Gasteiger partial charge in [-0.05, 0) is 24.6 Å². The molecule has 1 saturated heterocycles. The highest BCUT2D eigenvalue weighted by Gasteiger charge is 2.28. The molecule has 0 bridgehead atoms. The number of rotatable bonds is 3. The molecule has 2 aromatic rings. The van der Waals surface area contributed by atoms with Crippen LogP contribution in [0.25, 0.3) is 0 Å². The Kier molecular flexibility index (Phi) is 3.86. The van der Waals surface area contributed by atoms with Crippen LogP contribution in [0, 0.1) is 6.92 Å². The smallest absolute Gasteiger partial charge is 0.254 e. The SMILES string of the molecule is Cc1ccccc1C(=O)N1CC[C@H](Oc2ccccn2)C1. The van der Waals surface area contributed by atoms with Crippen LogP contribution in [-0.4, -0.2) is 35.0 Å². The molecule has 1 aromatic carbocycles. The van der Waals surface area contributed by atoms with E-state index in [4.69, 9.17) is 4.74 Å². The van der Waals surface area contributed by atoms with Crippen molar-refractivity contribution in [3.05, 3.63) is 59.8 Å². The molecule has 0 aliphatic carbocycles. The third-order valence-electron chi connectivity index (χ3n) is 3.73. The van der Waals surface area contributed by atoms with Gasteiger partial charge in [0, 0.05) is 30.8 Å². The topological polar surface area (TPSA) is 42.4 Å². The van der Waals surface area contributed by atoms with E-state index in [-0.39, 0.29) is 12.0 Å². The van der Waals surface area contributed by atoms with E-state index in [1.54, 1.807) is 6.20 Å². The molecule has 1 aromatic heterocycles. The zero-order valence-electron chi connectivity index (χ0n) is 12.0. The van der Waals surface area contributed by atoms with Gasteiger partial charge in [0.2, 0.25) is 5.88 Å². The van der Waals surface area contributed by atoms with Crippen LogP contribution in [0.3, 0.4) is 0 Å². The molecule has 1 aliphatic rings. The van der Waals surface area contributed by atoms with Crippen LogP contribution in [-0.2, 0) is 0 Å². The maximum absolute atomic E-state index is 12.5. The minimum Gasteiger partial charge on any atom is -0.472 e. The van der Waals surface area contributed by atoms with E-state index in [1.807, 2.05) is 54.3 Å². The van der Waals surface area contributed by atoms with Crippen LogP contribution in [0.5, 0.6) is 5.88 Å². The van der Waals surface area contributed by atoms with Gasteiger partial charge < -0.3 is 9.64 Å². The Morgan fingerprint density at radius 3 is 2.81 bits per heavy atom. The average molecular weight is 282 g/mol. The number of benzene rings is 1. The van der Waals surface area contributed by atoms with Crippen molar-refractivity contribution in [2.75, 3.05) is 13.1 Å². The fraction of sp³-hybridized carbons (Fsp3) is 0.294. The maximum atomic E-state index is 12.5. The second-order valence-corrected chi connectivity index (χ2v) is 5.26. The third-order valence-corrected chi connectivity index (χ3v) is 3.73. The highest BCUT2D eigenvalue weighted by atomic mass is 16.5. The number of hydrogen-bond donors (Lipinski definition) is 0. The highest BCUT2D eigenvalue weighted by Crippen LogP contribution is 2.19. The fourth-order valence-corrected chi connectivity index (χ4v) is 2.58. The Morgan fingerprint density at radius 1 is 1.24 bits per heavy atom. The summed E-state index contributed by atoms with van der Waals surface area (Å²) in [5.41, 5.74) is 1.78. The quantitative estimate of drug-likeness (QED) is 0.869. The van der Waals surface area contributed by atoms with E-state index in [2.05, 4.69) is 4.98 Å². The predicted molar refractivity (Wildman–Crippen MR) is 80.4 cm³/mol. The minimum atomic E-state index is 0.0212. The number of carbonyl (C=O) groups is 1. The van der Waals surface area contributed by atoms with Crippen LogP contribution in [0.2, 0.25) is 0 Å². The van der Waals surface area contributed by atoms with Crippen LogP contribution in [0.15, 0.2) is 48.7 Å². The second kappa shape index (κ2) is 5.95. The molecule has 1 atom stereocenters. The number of carbonyl (C=O) groups excluding carboxylic acids is 1. The summed E-state index contributed by atoms with van der Waals surface area (Å²) >= 11 is 0. The van der Waals surface area contributed by atoms with E-state index >= 15 is 0 Å². The van der Waals surface area contributed by atoms with Gasteiger partial charge in [-0.25, -0.2) is 4.98 Å². The van der Waals surface area contributed by atoms with Crippen molar-refractivity contribution in [2.45, 2.75) is 19.4 Å². The van der Waals surface area contributed by atoms with Crippen molar-refractivity contribution in [2.24, 2.45) is 0 Å². The Bertz CT molecular complexity index is 628. The molecule has 2 heterocycles. The van der Waals surface area contributed by atoms with Crippen molar-refractivity contribution >= 4 is 5.91 Å². The highest BCUT2D eigenvalue weighted by molar-refractivity contribution is 5.95. The summed E-state index contributed by atoms with van der Waals surface area (Å²) < 4.78 is 5.82. The molecule has 108 valence electrons. The van der Waals surface area contributed by atoms with Crippen LogP contribution in [0.4, 0.5) is 0 Å². The largest absolute Gasteiger partial charge is 0.472 e. The number of amides is 1. The molecule has 4 nitrogen and oxygen atoms in total. The molecule has 4 heteroatoms. The molecular weight excluding hydrogens is 264 g/mol. The third kappa shape index (κ3) is 3.05. The van der Waals surface area contributed by atoms with E-state index in [9.17, 15) is 4.79 Å². The lowest BCUT2D eigenvalue weighted by molar-refractivity contribution is 0.0770. The standard InChI is InChI=1S/C17H18N2O2/c1-13-6-2-3-7-15(13)17(20)19-11-9-14(12-19)21-16-8-4-5-10-18-16/h2-8,10,14H,9,11-12H2,1H3/t14-/m0/s1. The van der Waals surface area contributed by atoms with Gasteiger partial charge in [0.25, 0.3) is 5.91 Å². The van der Waals surface area contributed by atoms with Crippen molar-refractivity contribution in [3.8, 4) is 5.88 Å². The van der Waals surface area contributed by atoms with Gasteiger partial charge in [0.05, 0.1) is 6.54 Å². The number of aryl methyl sites for hydroxylation is 1. The molecule has 3 rings (SSSR count). The Morgan fingerprint density at radius 2 is 2.05 bits per heavy atom. The molecule has 0 unspecified atom stereocenters. The van der Waals surface area contributed by atoms with Gasteiger partial charge in [-0.15, -0.1) is 0 Å². The van der Waals surface area contributed by atoms with Gasteiger partial charge in [-0.1, -0.05) is 24.3 Å². The molecule has 21 heavy (non-hydrogen) atoms. The summed E-state index contributed by atoms with van der Waals surface area (Å²) in [7, 11) is 0. The Labute approximate surface area is 124 Å². The predicted octanol–water partition coefficient (Wildman–Crippen LogP) is 2.68. The molecule has 1 amide bonds. The monoisotopic (exact) mass is 282 g/mol. The van der Waals surface area contributed by atoms with Gasteiger partial charge in [-0.2, -0.15) is 0 Å². The molecular formula is C17H18N2O2. The zero-order chi connectivity index (χ0) is 14.7. The molecule has 0 radical (unpaired) electrons. The maximum Gasteiger partial charge on any atom is 0.254 e. The van der Waals surface area contributed by atoms with E-state index in [1.165, 1.54) is 0 Å². The summed E-state index contributed by atoms with van der Waals surface area (Å²) in [5.74, 6) is 0.702. The van der Waals surface area contributed by atoms with Crippen LogP contribution < -0.4 is 4.74 Å². The summed E-state index contributed by atoms with van der Waals surface area (Å²) in [6.07, 6.45) is 2.57. The number of aromatic nitrogens is 1. The molecule has 0 N–H and O–H groups in total. The minimum absolute atomic E-state index is 0.0212. The van der Waals surface area contributed by atoms with E-state index in [0.717, 1.165) is 24.1 Å². The Balaban J connectivity index is 1.65. The fourth-order valence-electron chi connectivity index (χ4n) is 2.58. The van der Waals surface area contributed by atoms with Gasteiger partial charge >= 0.3 is 0 Å². The van der Waals surface area contributed by atoms with Gasteiger partial charge in [-0.3, -0.25) is 4.79 Å². The summed E-state index contributed by atoms with van der Waals surface area (Å²) in [5, 5.41) is 0. The van der Waals surface area contributed by atoms with Crippen LogP contribution >= 0.6 is 0 Å². The van der Waals surface area contributed by atoms with Crippen molar-refractivity contribution in [1.29, 1.82) is 0 Å². The average Bonchev–Trinajstić information content (AvgIpc) is 2.97. The van der Waals surface area contributed by atoms with Crippen molar-refractivity contribution < 1.29 is 9.53 Å². The first-order valence-electron chi connectivity index (χ1n) is 7.16. The lowest BCUT2D eigenvalue weighted by atomic mass is 10.1. The number of hydrogen-bond acceptors (Lipinski definition) is 3. The van der Waals surface area contributed by atoms with Crippen LogP contribution in [0.1, 0.15) is 22.3 Å². The van der Waals surface area contributed by atoms with Gasteiger partial charge in [0.15, 0.2) is 0 Å². The number of ether oxygens (including phenoxy) is 1. The lowest BCUT2D eigenvalue weighted by Gasteiger charge is -2.18. The summed E-state index contributed by atoms with van der Waals surface area (Å²) in [4.78, 5) is 18.5.